The van der Waals surface area contributed by atoms with Gasteiger partial charge in [0.1, 0.15) is 0 Å². The number of nitrogens with zero attached hydrogens (tertiary/aromatic N) is 1. The van der Waals surface area contributed by atoms with Gasteiger partial charge >= 0.3 is 0 Å². The van der Waals surface area contributed by atoms with Crippen LogP contribution in [0.5, 0.6) is 0 Å². The lowest BCUT2D eigenvalue weighted by molar-refractivity contribution is -0.140. The molecule has 0 bridgehead atoms. The summed E-state index contributed by atoms with van der Waals surface area (Å²) in [6, 6.07) is 7.69. The zero-order valence-corrected chi connectivity index (χ0v) is 12.3. The van der Waals surface area contributed by atoms with Crippen molar-refractivity contribution >= 4 is 11.8 Å². The average Bonchev–Trinajstić information content (AvgIpc) is 2.65. The summed E-state index contributed by atoms with van der Waals surface area (Å²) in [6.45, 7) is 5.95. The Morgan fingerprint density at radius 1 is 1.10 bits per heavy atom. The SMILES string of the molecule is CCc1ccc(C(N)CN2C(=O)C(C)C(C)C2=O)cc1. The third-order valence-corrected chi connectivity index (χ3v) is 4.26. The molecule has 0 aliphatic carbocycles. The first kappa shape index (κ1) is 14.7. The van der Waals surface area contributed by atoms with Crippen LogP contribution in [-0.2, 0) is 16.0 Å². The fraction of sp³-hybridized carbons (Fsp3) is 0.500. The molecule has 2 N–H and O–H groups in total. The Hall–Kier alpha value is -1.68. The number of rotatable bonds is 4. The Bertz CT molecular complexity index is 490. The Labute approximate surface area is 119 Å². The molecule has 1 fully saturated rings. The standard InChI is InChI=1S/C16H22N2O2/c1-4-12-5-7-13(8-6-12)14(17)9-18-15(19)10(2)11(3)16(18)20/h5-8,10-11,14H,4,9,17H2,1-3H3. The minimum absolute atomic E-state index is 0.108. The third-order valence-electron chi connectivity index (χ3n) is 4.26. The largest absolute Gasteiger partial charge is 0.322 e. The molecule has 1 heterocycles. The van der Waals surface area contributed by atoms with Crippen LogP contribution in [0.25, 0.3) is 0 Å². The van der Waals surface area contributed by atoms with Crippen LogP contribution in [0, 0.1) is 11.8 Å². The first-order valence-corrected chi connectivity index (χ1v) is 7.15. The molecule has 3 unspecified atom stereocenters. The normalized spacial score (nSPS) is 24.3. The predicted molar refractivity (Wildman–Crippen MR) is 77.8 cm³/mol. The fourth-order valence-corrected chi connectivity index (χ4v) is 2.51. The highest BCUT2D eigenvalue weighted by Crippen LogP contribution is 2.27. The molecule has 0 saturated carbocycles. The van der Waals surface area contributed by atoms with E-state index >= 15 is 0 Å². The van der Waals surface area contributed by atoms with E-state index in [1.807, 2.05) is 24.3 Å². The fourth-order valence-electron chi connectivity index (χ4n) is 2.51. The van der Waals surface area contributed by atoms with Crippen molar-refractivity contribution in [2.24, 2.45) is 17.6 Å². The quantitative estimate of drug-likeness (QED) is 0.853. The molecule has 2 amide bonds. The van der Waals surface area contributed by atoms with E-state index in [0.29, 0.717) is 0 Å². The van der Waals surface area contributed by atoms with Gasteiger partial charge in [0.2, 0.25) is 11.8 Å². The van der Waals surface area contributed by atoms with Crippen molar-refractivity contribution in [2.75, 3.05) is 6.54 Å². The Kier molecular flexibility index (Phi) is 4.23. The summed E-state index contributed by atoms with van der Waals surface area (Å²) in [7, 11) is 0. The molecule has 2 rings (SSSR count). The minimum atomic E-state index is -0.327. The maximum atomic E-state index is 12.0. The number of aryl methyl sites for hydroxylation is 1. The summed E-state index contributed by atoms with van der Waals surface area (Å²) in [4.78, 5) is 25.4. The number of imide groups is 1. The van der Waals surface area contributed by atoms with E-state index in [9.17, 15) is 9.59 Å². The molecule has 4 nitrogen and oxygen atoms in total. The first-order chi connectivity index (χ1) is 9.45. The lowest BCUT2D eigenvalue weighted by Crippen LogP contribution is -2.37. The van der Waals surface area contributed by atoms with Crippen LogP contribution in [0.2, 0.25) is 0 Å². The van der Waals surface area contributed by atoms with Gasteiger partial charge in [0.15, 0.2) is 0 Å². The van der Waals surface area contributed by atoms with Crippen molar-refractivity contribution in [1.82, 2.24) is 4.90 Å². The maximum absolute atomic E-state index is 12.0. The highest BCUT2D eigenvalue weighted by Gasteiger charge is 2.42. The zero-order chi connectivity index (χ0) is 14.9. The Morgan fingerprint density at radius 3 is 2.05 bits per heavy atom. The number of hydrogen-bond donors (Lipinski definition) is 1. The van der Waals surface area contributed by atoms with Crippen LogP contribution in [-0.4, -0.2) is 23.3 Å². The number of carbonyl (C=O) groups excluding carboxylic acids is 2. The van der Waals surface area contributed by atoms with Crippen molar-refractivity contribution < 1.29 is 9.59 Å². The van der Waals surface area contributed by atoms with Gasteiger partial charge in [-0.3, -0.25) is 14.5 Å². The van der Waals surface area contributed by atoms with Gasteiger partial charge in [0.25, 0.3) is 0 Å². The molecule has 20 heavy (non-hydrogen) atoms. The van der Waals surface area contributed by atoms with Gasteiger partial charge in [-0.05, 0) is 17.5 Å². The second-order valence-electron chi connectivity index (χ2n) is 5.57. The summed E-state index contributed by atoms with van der Waals surface area (Å²) in [5.41, 5.74) is 8.34. The third kappa shape index (κ3) is 2.61. The molecule has 1 aromatic carbocycles. The highest BCUT2D eigenvalue weighted by molar-refractivity contribution is 6.04. The number of benzene rings is 1. The summed E-state index contributed by atoms with van der Waals surface area (Å²) in [5.74, 6) is -0.694. The molecule has 0 radical (unpaired) electrons. The molecule has 1 aromatic rings. The molecule has 4 heteroatoms. The number of nitrogens with two attached hydrogens (primary N) is 1. The van der Waals surface area contributed by atoms with Crippen LogP contribution < -0.4 is 5.73 Å². The van der Waals surface area contributed by atoms with Gasteiger partial charge in [0.05, 0.1) is 0 Å². The highest BCUT2D eigenvalue weighted by atomic mass is 16.2. The maximum Gasteiger partial charge on any atom is 0.232 e. The summed E-state index contributed by atoms with van der Waals surface area (Å²) in [6.07, 6.45) is 0.980. The van der Waals surface area contributed by atoms with Gasteiger partial charge in [-0.25, -0.2) is 0 Å². The molecule has 1 saturated heterocycles. The van der Waals surface area contributed by atoms with Crippen LogP contribution >= 0.6 is 0 Å². The van der Waals surface area contributed by atoms with E-state index in [1.165, 1.54) is 10.5 Å². The van der Waals surface area contributed by atoms with E-state index in [2.05, 4.69) is 6.92 Å². The molecular formula is C16H22N2O2. The van der Waals surface area contributed by atoms with Gasteiger partial charge < -0.3 is 5.73 Å². The van der Waals surface area contributed by atoms with E-state index in [-0.39, 0.29) is 36.2 Å². The topological polar surface area (TPSA) is 63.4 Å². The molecule has 1 aliphatic rings. The van der Waals surface area contributed by atoms with E-state index in [0.717, 1.165) is 12.0 Å². The van der Waals surface area contributed by atoms with Gasteiger partial charge in [-0.15, -0.1) is 0 Å². The average molecular weight is 274 g/mol. The first-order valence-electron chi connectivity index (χ1n) is 7.15. The summed E-state index contributed by atoms with van der Waals surface area (Å²) >= 11 is 0. The number of hydrogen-bond acceptors (Lipinski definition) is 3. The summed E-state index contributed by atoms with van der Waals surface area (Å²) < 4.78 is 0. The summed E-state index contributed by atoms with van der Waals surface area (Å²) in [5, 5.41) is 0. The van der Waals surface area contributed by atoms with Gasteiger partial charge in [-0.2, -0.15) is 0 Å². The molecular weight excluding hydrogens is 252 g/mol. The van der Waals surface area contributed by atoms with E-state index in [4.69, 9.17) is 5.73 Å². The van der Waals surface area contributed by atoms with Gasteiger partial charge in [-0.1, -0.05) is 45.0 Å². The smallest absolute Gasteiger partial charge is 0.232 e. The number of likely N-dealkylation sites (tertiary alicyclic amines) is 1. The number of amides is 2. The van der Waals surface area contributed by atoms with Crippen LogP contribution in [0.1, 0.15) is 37.9 Å². The molecule has 0 aromatic heterocycles. The van der Waals surface area contributed by atoms with Crippen molar-refractivity contribution in [3.8, 4) is 0 Å². The monoisotopic (exact) mass is 274 g/mol. The minimum Gasteiger partial charge on any atom is -0.322 e. The van der Waals surface area contributed by atoms with Crippen molar-refractivity contribution in [2.45, 2.75) is 33.2 Å². The Balaban J connectivity index is 2.09. The molecule has 0 spiro atoms. The van der Waals surface area contributed by atoms with Crippen molar-refractivity contribution in [3.63, 3.8) is 0 Å². The zero-order valence-electron chi connectivity index (χ0n) is 12.3. The number of carbonyl (C=O) groups is 2. The van der Waals surface area contributed by atoms with E-state index in [1.54, 1.807) is 13.8 Å². The van der Waals surface area contributed by atoms with Crippen molar-refractivity contribution in [1.29, 1.82) is 0 Å². The van der Waals surface area contributed by atoms with Crippen LogP contribution in [0.15, 0.2) is 24.3 Å². The molecule has 3 atom stereocenters. The van der Waals surface area contributed by atoms with Gasteiger partial charge in [0, 0.05) is 24.4 Å². The molecule has 1 aliphatic heterocycles. The van der Waals surface area contributed by atoms with Crippen LogP contribution in [0.3, 0.4) is 0 Å². The second kappa shape index (κ2) is 5.75. The van der Waals surface area contributed by atoms with Crippen LogP contribution in [0.4, 0.5) is 0 Å². The lowest BCUT2D eigenvalue weighted by Gasteiger charge is -2.20. The van der Waals surface area contributed by atoms with E-state index < -0.39 is 0 Å². The molecule has 108 valence electrons. The van der Waals surface area contributed by atoms with Crippen molar-refractivity contribution in [3.05, 3.63) is 35.4 Å². The second-order valence-corrected chi connectivity index (χ2v) is 5.57. The Morgan fingerprint density at radius 2 is 1.60 bits per heavy atom. The lowest BCUT2D eigenvalue weighted by atomic mass is 10.00. The predicted octanol–water partition coefficient (Wildman–Crippen LogP) is 1.89.